The summed E-state index contributed by atoms with van der Waals surface area (Å²) in [5.74, 6) is 0. The van der Waals surface area contributed by atoms with E-state index in [1.54, 1.807) is 6.20 Å². The zero-order valence-electron chi connectivity index (χ0n) is 6.08. The maximum Gasteiger partial charge on any atom is 0.138 e. The minimum atomic E-state index is 0.665. The predicted molar refractivity (Wildman–Crippen MR) is 44.9 cm³/mol. The van der Waals surface area contributed by atoms with E-state index in [9.17, 15) is 0 Å². The van der Waals surface area contributed by atoms with Crippen molar-refractivity contribution in [1.82, 2.24) is 9.38 Å². The van der Waals surface area contributed by atoms with Gasteiger partial charge in [0.15, 0.2) is 0 Å². The van der Waals surface area contributed by atoms with Crippen LogP contribution in [0.4, 0.5) is 0 Å². The van der Waals surface area contributed by atoms with Crippen molar-refractivity contribution in [1.29, 1.82) is 0 Å². The lowest BCUT2D eigenvalue weighted by molar-refractivity contribution is 1.09. The molecule has 0 aliphatic heterocycles. The molecule has 0 atom stereocenters. The van der Waals surface area contributed by atoms with E-state index < -0.39 is 0 Å². The van der Waals surface area contributed by atoms with E-state index in [0.717, 1.165) is 11.3 Å². The fourth-order valence-electron chi connectivity index (χ4n) is 1.16. The third kappa shape index (κ3) is 0.906. The quantitative estimate of drug-likeness (QED) is 0.587. The molecule has 3 heteroatoms. The summed E-state index contributed by atoms with van der Waals surface area (Å²) in [6, 6.07) is 5.90. The number of aryl methyl sites for hydroxylation is 1. The number of imidazole rings is 1. The van der Waals surface area contributed by atoms with Crippen molar-refractivity contribution >= 4 is 17.2 Å². The second kappa shape index (κ2) is 2.24. The third-order valence-electron chi connectivity index (χ3n) is 1.68. The van der Waals surface area contributed by atoms with Crippen molar-refractivity contribution in [3.05, 3.63) is 35.2 Å². The Bertz CT molecular complexity index is 392. The molecule has 56 valence electrons. The van der Waals surface area contributed by atoms with Crippen LogP contribution in [0.5, 0.6) is 0 Å². The van der Waals surface area contributed by atoms with Crippen LogP contribution in [0, 0.1) is 6.92 Å². The highest BCUT2D eigenvalue weighted by molar-refractivity contribution is 6.29. The third-order valence-corrected chi connectivity index (χ3v) is 1.95. The van der Waals surface area contributed by atoms with Crippen molar-refractivity contribution in [2.75, 3.05) is 0 Å². The van der Waals surface area contributed by atoms with E-state index in [1.807, 2.05) is 29.5 Å². The summed E-state index contributed by atoms with van der Waals surface area (Å²) in [6.45, 7) is 2.00. The Labute approximate surface area is 69.4 Å². The van der Waals surface area contributed by atoms with Crippen LogP contribution >= 0.6 is 11.6 Å². The molecule has 0 spiro atoms. The molecule has 0 saturated heterocycles. The van der Waals surface area contributed by atoms with E-state index in [4.69, 9.17) is 11.6 Å². The molecule has 2 nitrogen and oxygen atoms in total. The minimum absolute atomic E-state index is 0.665. The van der Waals surface area contributed by atoms with Crippen LogP contribution in [0.25, 0.3) is 5.65 Å². The second-order valence-electron chi connectivity index (χ2n) is 2.44. The lowest BCUT2D eigenvalue weighted by Gasteiger charge is -1.98. The van der Waals surface area contributed by atoms with E-state index >= 15 is 0 Å². The Morgan fingerprint density at radius 1 is 1.45 bits per heavy atom. The molecule has 0 aromatic carbocycles. The monoisotopic (exact) mass is 166 g/mol. The summed E-state index contributed by atoms with van der Waals surface area (Å²) in [7, 11) is 0. The van der Waals surface area contributed by atoms with Gasteiger partial charge < -0.3 is 0 Å². The van der Waals surface area contributed by atoms with Crippen LogP contribution in [0.1, 0.15) is 5.69 Å². The average Bonchev–Trinajstić information content (AvgIpc) is 2.34. The zero-order valence-corrected chi connectivity index (χ0v) is 6.84. The van der Waals surface area contributed by atoms with Crippen molar-refractivity contribution in [2.45, 2.75) is 6.92 Å². The number of nitrogens with zero attached hydrogens (tertiary/aromatic N) is 2. The summed E-state index contributed by atoms with van der Waals surface area (Å²) in [4.78, 5) is 4.11. The summed E-state index contributed by atoms with van der Waals surface area (Å²) in [5, 5.41) is 0.665. The molecular weight excluding hydrogens is 160 g/mol. The van der Waals surface area contributed by atoms with Gasteiger partial charge in [-0.05, 0) is 19.1 Å². The van der Waals surface area contributed by atoms with Gasteiger partial charge in [0, 0.05) is 5.69 Å². The molecule has 11 heavy (non-hydrogen) atoms. The predicted octanol–water partition coefficient (Wildman–Crippen LogP) is 2.30. The molecule has 0 aliphatic rings. The van der Waals surface area contributed by atoms with Gasteiger partial charge >= 0.3 is 0 Å². The van der Waals surface area contributed by atoms with Crippen LogP contribution in [-0.4, -0.2) is 9.38 Å². The highest BCUT2D eigenvalue weighted by Gasteiger charge is 2.00. The Balaban J connectivity index is 2.96. The Morgan fingerprint density at radius 2 is 2.27 bits per heavy atom. The smallest absolute Gasteiger partial charge is 0.138 e. The van der Waals surface area contributed by atoms with E-state index in [-0.39, 0.29) is 0 Å². The molecule has 0 aliphatic carbocycles. The van der Waals surface area contributed by atoms with E-state index in [1.165, 1.54) is 0 Å². The molecule has 2 aromatic rings. The summed E-state index contributed by atoms with van der Waals surface area (Å²) < 4.78 is 1.90. The van der Waals surface area contributed by atoms with Gasteiger partial charge in [-0.3, -0.25) is 4.40 Å². The average molecular weight is 167 g/mol. The molecule has 2 heterocycles. The van der Waals surface area contributed by atoms with Crippen LogP contribution < -0.4 is 0 Å². The van der Waals surface area contributed by atoms with Gasteiger partial charge in [0.05, 0.1) is 6.20 Å². The number of hydrogen-bond donors (Lipinski definition) is 0. The summed E-state index contributed by atoms with van der Waals surface area (Å²) in [6.07, 6.45) is 1.66. The zero-order chi connectivity index (χ0) is 7.84. The topological polar surface area (TPSA) is 17.3 Å². The number of fused-ring (bicyclic) bond motifs is 1. The van der Waals surface area contributed by atoms with Gasteiger partial charge in [-0.15, -0.1) is 0 Å². The van der Waals surface area contributed by atoms with Crippen molar-refractivity contribution in [3.63, 3.8) is 0 Å². The van der Waals surface area contributed by atoms with Gasteiger partial charge in [0.1, 0.15) is 10.8 Å². The largest absolute Gasteiger partial charge is 0.288 e. The lowest BCUT2D eigenvalue weighted by atomic mass is 10.4. The Morgan fingerprint density at radius 3 is 3.00 bits per heavy atom. The maximum absolute atomic E-state index is 5.88. The highest BCUT2D eigenvalue weighted by atomic mass is 35.5. The first-order valence-electron chi connectivity index (χ1n) is 3.37. The van der Waals surface area contributed by atoms with Crippen LogP contribution in [-0.2, 0) is 0 Å². The van der Waals surface area contributed by atoms with Crippen LogP contribution in [0.2, 0.25) is 5.15 Å². The molecule has 0 unspecified atom stereocenters. The maximum atomic E-state index is 5.88. The molecule has 2 aromatic heterocycles. The van der Waals surface area contributed by atoms with Gasteiger partial charge in [0.2, 0.25) is 0 Å². The van der Waals surface area contributed by atoms with Gasteiger partial charge in [0.25, 0.3) is 0 Å². The van der Waals surface area contributed by atoms with Crippen LogP contribution in [0.3, 0.4) is 0 Å². The number of pyridine rings is 1. The first kappa shape index (κ1) is 6.68. The standard InChI is InChI=1S/C8H7ClN2/c1-6-3-2-4-8-10-5-7(9)11(6)8/h2-5H,1H3. The van der Waals surface area contributed by atoms with Gasteiger partial charge in [-0.1, -0.05) is 17.7 Å². The van der Waals surface area contributed by atoms with Gasteiger partial charge in [-0.2, -0.15) is 0 Å². The van der Waals surface area contributed by atoms with Crippen molar-refractivity contribution < 1.29 is 0 Å². The van der Waals surface area contributed by atoms with Gasteiger partial charge in [-0.25, -0.2) is 4.98 Å². The van der Waals surface area contributed by atoms with E-state index in [2.05, 4.69) is 4.98 Å². The first-order valence-corrected chi connectivity index (χ1v) is 3.75. The van der Waals surface area contributed by atoms with Crippen molar-refractivity contribution in [3.8, 4) is 0 Å². The molecule has 0 amide bonds. The SMILES string of the molecule is Cc1cccc2ncc(Cl)n12. The second-order valence-corrected chi connectivity index (χ2v) is 2.83. The van der Waals surface area contributed by atoms with E-state index in [0.29, 0.717) is 5.15 Å². The molecule has 0 fully saturated rings. The first-order chi connectivity index (χ1) is 5.29. The van der Waals surface area contributed by atoms with Crippen LogP contribution in [0.15, 0.2) is 24.4 Å². The summed E-state index contributed by atoms with van der Waals surface area (Å²) in [5.41, 5.74) is 2.00. The molecule has 0 radical (unpaired) electrons. The number of hydrogen-bond acceptors (Lipinski definition) is 1. The molecule has 0 saturated carbocycles. The molecular formula is C8H7ClN2. The Kier molecular flexibility index (Phi) is 1.36. The normalized spacial score (nSPS) is 10.7. The molecule has 2 rings (SSSR count). The number of halogens is 1. The number of aromatic nitrogens is 2. The molecule has 0 bridgehead atoms. The number of rotatable bonds is 0. The highest BCUT2D eigenvalue weighted by Crippen LogP contribution is 2.13. The summed E-state index contributed by atoms with van der Waals surface area (Å²) >= 11 is 5.88. The fraction of sp³-hybridized carbons (Fsp3) is 0.125. The Hall–Kier alpha value is -1.02. The van der Waals surface area contributed by atoms with Crippen molar-refractivity contribution in [2.24, 2.45) is 0 Å². The fourth-order valence-corrected chi connectivity index (χ4v) is 1.43. The minimum Gasteiger partial charge on any atom is -0.288 e. The molecule has 0 N–H and O–H groups in total. The lowest BCUT2D eigenvalue weighted by Crippen LogP contribution is -1.88.